The van der Waals surface area contributed by atoms with Crippen molar-refractivity contribution < 1.29 is 0 Å². The van der Waals surface area contributed by atoms with Gasteiger partial charge in [0.15, 0.2) is 5.96 Å². The van der Waals surface area contributed by atoms with Gasteiger partial charge in [0.25, 0.3) is 0 Å². The lowest BCUT2D eigenvalue weighted by Crippen LogP contribution is -2.50. The van der Waals surface area contributed by atoms with Gasteiger partial charge in [-0.3, -0.25) is 9.89 Å². The molecule has 2 heterocycles. The number of nitrogens with one attached hydrogen (secondary N) is 2. The molecule has 0 spiro atoms. The van der Waals surface area contributed by atoms with Crippen molar-refractivity contribution in [2.24, 2.45) is 4.99 Å². The Labute approximate surface area is 171 Å². The molecule has 1 aromatic rings. The molecule has 0 radical (unpaired) electrons. The Hall–Kier alpha value is -1.59. The molecule has 2 N–H and O–H groups in total. The van der Waals surface area contributed by atoms with Crippen LogP contribution in [0.4, 0.5) is 0 Å². The summed E-state index contributed by atoms with van der Waals surface area (Å²) in [5, 5.41) is 7.27. The molecule has 0 aromatic heterocycles. The fourth-order valence-corrected chi connectivity index (χ4v) is 4.44. The number of guanidine groups is 1. The fourth-order valence-electron chi connectivity index (χ4n) is 4.44. The zero-order valence-corrected chi connectivity index (χ0v) is 17.9. The molecule has 1 unspecified atom stereocenters. The SMILES string of the molecule is CCCCN1CCC(NC(=NC)NCC2CCCN2Cc2ccccc2)CC1. The van der Waals surface area contributed by atoms with Crippen molar-refractivity contribution in [3.8, 4) is 0 Å². The third-order valence-electron chi connectivity index (χ3n) is 6.21. The third-order valence-corrected chi connectivity index (χ3v) is 6.21. The van der Waals surface area contributed by atoms with E-state index in [-0.39, 0.29) is 0 Å². The summed E-state index contributed by atoms with van der Waals surface area (Å²) in [6.45, 7) is 9.18. The summed E-state index contributed by atoms with van der Waals surface area (Å²) < 4.78 is 0. The zero-order chi connectivity index (χ0) is 19.6. The largest absolute Gasteiger partial charge is 0.355 e. The molecule has 0 amide bonds. The molecular weight excluding hydrogens is 346 g/mol. The number of unbranched alkanes of at least 4 members (excludes halogenated alkanes) is 1. The van der Waals surface area contributed by atoms with Crippen LogP contribution in [0.15, 0.2) is 35.3 Å². The number of aliphatic imine (C=N–C) groups is 1. The van der Waals surface area contributed by atoms with Gasteiger partial charge in [-0.2, -0.15) is 0 Å². The highest BCUT2D eigenvalue weighted by atomic mass is 15.2. The van der Waals surface area contributed by atoms with Gasteiger partial charge in [-0.25, -0.2) is 0 Å². The van der Waals surface area contributed by atoms with Crippen LogP contribution in [0.1, 0.15) is 51.0 Å². The van der Waals surface area contributed by atoms with Gasteiger partial charge in [0, 0.05) is 45.3 Å². The summed E-state index contributed by atoms with van der Waals surface area (Å²) in [5.41, 5.74) is 1.41. The monoisotopic (exact) mass is 385 g/mol. The number of hydrogen-bond acceptors (Lipinski definition) is 3. The summed E-state index contributed by atoms with van der Waals surface area (Å²) in [5.74, 6) is 0.971. The molecule has 1 aromatic carbocycles. The van der Waals surface area contributed by atoms with Crippen molar-refractivity contribution in [2.45, 2.75) is 64.1 Å². The van der Waals surface area contributed by atoms with E-state index in [9.17, 15) is 0 Å². The molecular formula is C23H39N5. The van der Waals surface area contributed by atoms with Gasteiger partial charge in [0.1, 0.15) is 0 Å². The van der Waals surface area contributed by atoms with Crippen molar-refractivity contribution in [1.82, 2.24) is 20.4 Å². The van der Waals surface area contributed by atoms with E-state index in [0.717, 1.165) is 19.0 Å². The number of nitrogens with zero attached hydrogens (tertiary/aromatic N) is 3. The Morgan fingerprint density at radius 2 is 1.89 bits per heavy atom. The lowest BCUT2D eigenvalue weighted by atomic mass is 10.0. The van der Waals surface area contributed by atoms with Gasteiger partial charge in [0.2, 0.25) is 0 Å². The molecule has 2 aliphatic heterocycles. The zero-order valence-electron chi connectivity index (χ0n) is 17.9. The predicted molar refractivity (Wildman–Crippen MR) is 119 cm³/mol. The van der Waals surface area contributed by atoms with Gasteiger partial charge in [-0.05, 0) is 50.8 Å². The van der Waals surface area contributed by atoms with E-state index >= 15 is 0 Å². The first kappa shape index (κ1) is 21.1. The number of rotatable bonds is 8. The second kappa shape index (κ2) is 11.4. The Kier molecular flexibility index (Phi) is 8.62. The quantitative estimate of drug-likeness (QED) is 0.533. The average Bonchev–Trinajstić information content (AvgIpc) is 3.18. The molecule has 156 valence electrons. The molecule has 2 saturated heterocycles. The summed E-state index contributed by atoms with van der Waals surface area (Å²) in [7, 11) is 1.89. The normalized spacial score (nSPS) is 22.5. The van der Waals surface area contributed by atoms with E-state index in [1.54, 1.807) is 0 Å². The number of likely N-dealkylation sites (tertiary alicyclic amines) is 2. The smallest absolute Gasteiger partial charge is 0.191 e. The van der Waals surface area contributed by atoms with Gasteiger partial charge < -0.3 is 15.5 Å². The minimum atomic E-state index is 0.549. The molecule has 5 nitrogen and oxygen atoms in total. The topological polar surface area (TPSA) is 42.9 Å². The fraction of sp³-hybridized carbons (Fsp3) is 0.696. The minimum absolute atomic E-state index is 0.549. The number of piperidine rings is 1. The van der Waals surface area contributed by atoms with Crippen LogP contribution in [0, 0.1) is 0 Å². The summed E-state index contributed by atoms with van der Waals surface area (Å²) in [6, 6.07) is 12.0. The van der Waals surface area contributed by atoms with Crippen molar-refractivity contribution in [3.05, 3.63) is 35.9 Å². The van der Waals surface area contributed by atoms with Crippen molar-refractivity contribution in [3.63, 3.8) is 0 Å². The summed E-state index contributed by atoms with van der Waals surface area (Å²) >= 11 is 0. The van der Waals surface area contributed by atoms with Crippen molar-refractivity contribution in [2.75, 3.05) is 39.8 Å². The van der Waals surface area contributed by atoms with Crippen LogP contribution in [0.3, 0.4) is 0 Å². The van der Waals surface area contributed by atoms with E-state index in [1.807, 2.05) is 7.05 Å². The molecule has 1 atom stereocenters. The van der Waals surface area contributed by atoms with Crippen LogP contribution in [0.2, 0.25) is 0 Å². The van der Waals surface area contributed by atoms with Crippen molar-refractivity contribution in [1.29, 1.82) is 0 Å². The average molecular weight is 386 g/mol. The highest BCUT2D eigenvalue weighted by Crippen LogP contribution is 2.19. The maximum atomic E-state index is 4.48. The van der Waals surface area contributed by atoms with Crippen LogP contribution in [0.25, 0.3) is 0 Å². The standard InChI is InChI=1S/C23H39N5/c1-3-4-14-27-16-12-21(13-17-27)26-23(24-2)25-18-22-11-8-15-28(22)19-20-9-6-5-7-10-20/h5-7,9-10,21-22H,3-4,8,11-19H2,1-2H3,(H2,24,25,26). The van der Waals surface area contributed by atoms with Crippen LogP contribution in [-0.2, 0) is 6.54 Å². The van der Waals surface area contributed by atoms with E-state index in [1.165, 1.54) is 70.3 Å². The first-order chi connectivity index (χ1) is 13.8. The molecule has 0 aliphatic carbocycles. The first-order valence-electron chi connectivity index (χ1n) is 11.3. The summed E-state index contributed by atoms with van der Waals surface area (Å²) in [4.78, 5) is 9.70. The minimum Gasteiger partial charge on any atom is -0.355 e. The van der Waals surface area contributed by atoms with E-state index in [0.29, 0.717) is 12.1 Å². The third kappa shape index (κ3) is 6.49. The lowest BCUT2D eigenvalue weighted by Gasteiger charge is -2.33. The molecule has 0 saturated carbocycles. The molecule has 2 aliphatic rings. The molecule has 5 heteroatoms. The van der Waals surface area contributed by atoms with Crippen LogP contribution in [-0.4, -0.2) is 67.6 Å². The summed E-state index contributed by atoms with van der Waals surface area (Å²) in [6.07, 6.45) is 7.61. The van der Waals surface area contributed by atoms with Crippen LogP contribution in [0.5, 0.6) is 0 Å². The Morgan fingerprint density at radius 3 is 2.61 bits per heavy atom. The maximum Gasteiger partial charge on any atom is 0.191 e. The van der Waals surface area contributed by atoms with E-state index in [4.69, 9.17) is 0 Å². The number of hydrogen-bond donors (Lipinski definition) is 2. The second-order valence-corrected chi connectivity index (χ2v) is 8.32. The first-order valence-corrected chi connectivity index (χ1v) is 11.3. The van der Waals surface area contributed by atoms with Crippen LogP contribution >= 0.6 is 0 Å². The molecule has 28 heavy (non-hydrogen) atoms. The number of benzene rings is 1. The second-order valence-electron chi connectivity index (χ2n) is 8.32. The Bertz CT molecular complexity index is 580. The highest BCUT2D eigenvalue weighted by Gasteiger charge is 2.25. The Balaban J connectivity index is 1.40. The molecule has 3 rings (SSSR count). The highest BCUT2D eigenvalue weighted by molar-refractivity contribution is 5.80. The van der Waals surface area contributed by atoms with Crippen molar-refractivity contribution >= 4 is 5.96 Å². The van der Waals surface area contributed by atoms with Gasteiger partial charge in [0.05, 0.1) is 0 Å². The maximum absolute atomic E-state index is 4.48. The van der Waals surface area contributed by atoms with Gasteiger partial charge in [-0.1, -0.05) is 43.7 Å². The predicted octanol–water partition coefficient (Wildman–Crippen LogP) is 3.08. The Morgan fingerprint density at radius 1 is 1.11 bits per heavy atom. The van der Waals surface area contributed by atoms with Crippen LogP contribution < -0.4 is 10.6 Å². The molecule has 2 fully saturated rings. The van der Waals surface area contributed by atoms with E-state index < -0.39 is 0 Å². The van der Waals surface area contributed by atoms with E-state index in [2.05, 4.69) is 62.7 Å². The van der Waals surface area contributed by atoms with Gasteiger partial charge >= 0.3 is 0 Å². The molecule has 0 bridgehead atoms. The van der Waals surface area contributed by atoms with Gasteiger partial charge in [-0.15, -0.1) is 0 Å². The lowest BCUT2D eigenvalue weighted by molar-refractivity contribution is 0.203.